The van der Waals surface area contributed by atoms with E-state index in [0.717, 1.165) is 32.8 Å². The van der Waals surface area contributed by atoms with E-state index in [1.54, 1.807) is 31.3 Å². The second kappa shape index (κ2) is 7.56. The largest absolute Gasteiger partial charge is 0.379 e. The maximum atomic E-state index is 12.3. The molecule has 0 unspecified atom stereocenters. The highest BCUT2D eigenvalue weighted by molar-refractivity contribution is 7.88. The first-order valence-corrected chi connectivity index (χ1v) is 8.95. The molecule has 1 aromatic rings. The van der Waals surface area contributed by atoms with Gasteiger partial charge in [0.05, 0.1) is 19.0 Å². The maximum absolute atomic E-state index is 12.3. The number of sulfonamides is 1. The van der Waals surface area contributed by atoms with E-state index in [-0.39, 0.29) is 5.75 Å². The Bertz CT molecular complexity index is 559. The van der Waals surface area contributed by atoms with Gasteiger partial charge in [0, 0.05) is 38.2 Å². The zero-order chi connectivity index (χ0) is 15.3. The number of rotatable bonds is 6. The van der Waals surface area contributed by atoms with Gasteiger partial charge in [-0.3, -0.25) is 4.90 Å². The summed E-state index contributed by atoms with van der Waals surface area (Å²) in [4.78, 5) is 2.21. The van der Waals surface area contributed by atoms with Gasteiger partial charge < -0.3 is 4.74 Å². The molecule has 21 heavy (non-hydrogen) atoms. The molecule has 0 atom stereocenters. The lowest BCUT2D eigenvalue weighted by molar-refractivity contribution is 0.0368. The average molecular weight is 333 g/mol. The van der Waals surface area contributed by atoms with Gasteiger partial charge in [0.1, 0.15) is 0 Å². The van der Waals surface area contributed by atoms with Crippen LogP contribution in [0.2, 0.25) is 5.02 Å². The van der Waals surface area contributed by atoms with Crippen LogP contribution < -0.4 is 0 Å². The van der Waals surface area contributed by atoms with Crippen LogP contribution in [0.15, 0.2) is 24.3 Å². The van der Waals surface area contributed by atoms with E-state index in [0.29, 0.717) is 17.1 Å². The Balaban J connectivity index is 1.90. The molecule has 5 nitrogen and oxygen atoms in total. The third-order valence-corrected chi connectivity index (χ3v) is 5.78. The second-order valence-electron chi connectivity index (χ2n) is 5.12. The van der Waals surface area contributed by atoms with Crippen molar-refractivity contribution in [3.8, 4) is 0 Å². The van der Waals surface area contributed by atoms with Gasteiger partial charge >= 0.3 is 0 Å². The van der Waals surface area contributed by atoms with Crippen molar-refractivity contribution in [2.45, 2.75) is 5.75 Å². The molecule has 0 bridgehead atoms. The Hall–Kier alpha value is -0.660. The van der Waals surface area contributed by atoms with Crippen LogP contribution in [0.3, 0.4) is 0 Å². The van der Waals surface area contributed by atoms with E-state index in [9.17, 15) is 8.42 Å². The smallest absolute Gasteiger partial charge is 0.218 e. The molecule has 0 saturated carbocycles. The number of benzene rings is 1. The zero-order valence-electron chi connectivity index (χ0n) is 12.2. The number of halogens is 1. The minimum atomic E-state index is -3.35. The van der Waals surface area contributed by atoms with Crippen LogP contribution in [-0.4, -0.2) is 64.1 Å². The third kappa shape index (κ3) is 4.93. The summed E-state index contributed by atoms with van der Waals surface area (Å²) in [7, 11) is -1.73. The highest BCUT2D eigenvalue weighted by Crippen LogP contribution is 2.19. The fraction of sp³-hybridized carbons (Fsp3) is 0.571. The summed E-state index contributed by atoms with van der Waals surface area (Å²) in [5.74, 6) is -0.0632. The SMILES string of the molecule is CN(CCN1CCOCC1)S(=O)(=O)Cc1ccccc1Cl. The molecule has 0 aromatic heterocycles. The summed E-state index contributed by atoms with van der Waals surface area (Å²) < 4.78 is 31.4. The quantitative estimate of drug-likeness (QED) is 0.791. The van der Waals surface area contributed by atoms with E-state index in [1.165, 1.54) is 4.31 Å². The van der Waals surface area contributed by atoms with Crippen molar-refractivity contribution in [2.75, 3.05) is 46.4 Å². The van der Waals surface area contributed by atoms with Crippen molar-refractivity contribution in [3.05, 3.63) is 34.9 Å². The van der Waals surface area contributed by atoms with E-state index in [2.05, 4.69) is 4.90 Å². The second-order valence-corrected chi connectivity index (χ2v) is 7.61. The van der Waals surface area contributed by atoms with Crippen molar-refractivity contribution in [1.82, 2.24) is 9.21 Å². The van der Waals surface area contributed by atoms with Crippen LogP contribution in [-0.2, 0) is 20.5 Å². The van der Waals surface area contributed by atoms with Crippen molar-refractivity contribution < 1.29 is 13.2 Å². The van der Waals surface area contributed by atoms with Crippen molar-refractivity contribution in [1.29, 1.82) is 0 Å². The first kappa shape index (κ1) is 16.7. The Morgan fingerprint density at radius 1 is 1.29 bits per heavy atom. The molecule has 118 valence electrons. The van der Waals surface area contributed by atoms with Crippen LogP contribution >= 0.6 is 11.6 Å². The van der Waals surface area contributed by atoms with Gasteiger partial charge in [-0.1, -0.05) is 29.8 Å². The highest BCUT2D eigenvalue weighted by atomic mass is 35.5. The number of morpholine rings is 1. The summed E-state index contributed by atoms with van der Waals surface area (Å²) in [6.45, 7) is 4.36. The van der Waals surface area contributed by atoms with E-state index in [1.807, 2.05) is 0 Å². The first-order chi connectivity index (χ1) is 9.99. The van der Waals surface area contributed by atoms with Crippen molar-refractivity contribution in [3.63, 3.8) is 0 Å². The summed E-state index contributed by atoms with van der Waals surface area (Å²) in [6.07, 6.45) is 0. The van der Waals surface area contributed by atoms with Crippen molar-refractivity contribution >= 4 is 21.6 Å². The molecule has 1 heterocycles. The summed E-state index contributed by atoms with van der Waals surface area (Å²) in [6, 6.07) is 7.04. The topological polar surface area (TPSA) is 49.9 Å². The van der Waals surface area contributed by atoms with Gasteiger partial charge in [-0.2, -0.15) is 0 Å². The first-order valence-electron chi connectivity index (χ1n) is 6.96. The predicted molar refractivity (Wildman–Crippen MR) is 84.0 cm³/mol. The van der Waals surface area contributed by atoms with Gasteiger partial charge in [-0.05, 0) is 11.6 Å². The highest BCUT2D eigenvalue weighted by Gasteiger charge is 2.21. The average Bonchev–Trinajstić information content (AvgIpc) is 2.48. The fourth-order valence-electron chi connectivity index (χ4n) is 2.17. The molecule has 1 aliphatic rings. The minimum Gasteiger partial charge on any atom is -0.379 e. The van der Waals surface area contributed by atoms with Crippen LogP contribution in [0, 0.1) is 0 Å². The number of nitrogens with zero attached hydrogens (tertiary/aromatic N) is 2. The molecule has 1 saturated heterocycles. The number of hydrogen-bond acceptors (Lipinski definition) is 4. The van der Waals surface area contributed by atoms with E-state index < -0.39 is 10.0 Å². The summed E-state index contributed by atoms with van der Waals surface area (Å²) in [5, 5.41) is 0.489. The summed E-state index contributed by atoms with van der Waals surface area (Å²) in [5.41, 5.74) is 0.636. The van der Waals surface area contributed by atoms with E-state index >= 15 is 0 Å². The molecular weight excluding hydrogens is 312 g/mol. The molecule has 2 rings (SSSR count). The van der Waals surface area contributed by atoms with E-state index in [4.69, 9.17) is 16.3 Å². The number of ether oxygens (including phenoxy) is 1. The molecule has 0 radical (unpaired) electrons. The normalized spacial score (nSPS) is 17.3. The molecule has 1 aromatic carbocycles. The molecule has 0 spiro atoms. The lowest BCUT2D eigenvalue weighted by Gasteiger charge is -2.28. The minimum absolute atomic E-state index is 0.0632. The van der Waals surface area contributed by atoms with Gasteiger partial charge in [-0.25, -0.2) is 12.7 Å². The zero-order valence-corrected chi connectivity index (χ0v) is 13.7. The number of likely N-dealkylation sites (N-methyl/N-ethyl adjacent to an activating group) is 1. The lowest BCUT2D eigenvalue weighted by atomic mass is 10.2. The lowest BCUT2D eigenvalue weighted by Crippen LogP contribution is -2.42. The standard InChI is InChI=1S/C14H21ClN2O3S/c1-16(6-7-17-8-10-20-11-9-17)21(18,19)12-13-4-2-3-5-14(13)15/h2-5H,6-12H2,1H3. The van der Waals surface area contributed by atoms with Gasteiger partial charge in [0.25, 0.3) is 0 Å². The fourth-order valence-corrected chi connectivity index (χ4v) is 3.67. The molecule has 7 heteroatoms. The van der Waals surface area contributed by atoms with Crippen LogP contribution in [0.1, 0.15) is 5.56 Å². The number of hydrogen-bond donors (Lipinski definition) is 0. The molecule has 0 amide bonds. The maximum Gasteiger partial charge on any atom is 0.218 e. The molecule has 0 aliphatic carbocycles. The predicted octanol–water partition coefficient (Wildman–Crippen LogP) is 1.43. The Morgan fingerprint density at radius 2 is 1.95 bits per heavy atom. The summed E-state index contributed by atoms with van der Waals surface area (Å²) >= 11 is 6.03. The third-order valence-electron chi connectivity index (χ3n) is 3.61. The molecule has 1 aliphatic heterocycles. The van der Waals surface area contributed by atoms with Crippen molar-refractivity contribution in [2.24, 2.45) is 0 Å². The van der Waals surface area contributed by atoms with Gasteiger partial charge in [-0.15, -0.1) is 0 Å². The van der Waals surface area contributed by atoms with Crippen LogP contribution in [0.25, 0.3) is 0 Å². The molecule has 0 N–H and O–H groups in total. The molecular formula is C14H21ClN2O3S. The Kier molecular flexibility index (Phi) is 6.01. The van der Waals surface area contributed by atoms with Gasteiger partial charge in [0.15, 0.2) is 0 Å². The molecule has 1 fully saturated rings. The van der Waals surface area contributed by atoms with Crippen LogP contribution in [0.5, 0.6) is 0 Å². The van der Waals surface area contributed by atoms with Gasteiger partial charge in [0.2, 0.25) is 10.0 Å². The monoisotopic (exact) mass is 332 g/mol. The van der Waals surface area contributed by atoms with Crippen LogP contribution in [0.4, 0.5) is 0 Å². The Morgan fingerprint density at radius 3 is 2.62 bits per heavy atom. The Labute approximate surface area is 131 Å².